The summed E-state index contributed by atoms with van der Waals surface area (Å²) in [5, 5.41) is 2.93. The lowest BCUT2D eigenvalue weighted by Gasteiger charge is -2.34. The largest absolute Gasteiger partial charge is 0.345 e. The third kappa shape index (κ3) is 4.42. The molecule has 1 aliphatic rings. The predicted octanol–water partition coefficient (Wildman–Crippen LogP) is 3.24. The molecule has 3 aromatic rings. The van der Waals surface area contributed by atoms with Gasteiger partial charge in [0.05, 0.1) is 10.6 Å². The summed E-state index contributed by atoms with van der Waals surface area (Å²) in [5.41, 5.74) is 2.05. The van der Waals surface area contributed by atoms with E-state index in [0.29, 0.717) is 24.3 Å². The summed E-state index contributed by atoms with van der Waals surface area (Å²) in [6.07, 6.45) is 1.79. The van der Waals surface area contributed by atoms with E-state index in [4.69, 9.17) is 0 Å². The molecule has 0 saturated carbocycles. The SMILES string of the molecule is Cc1ccc(S(=O)(=O)N(C)c2ccc(C(=O)N3CCN(c4nccs4)CC3)cc2)cc1. The molecule has 0 aliphatic carbocycles. The third-order valence-electron chi connectivity index (χ3n) is 5.41. The smallest absolute Gasteiger partial charge is 0.264 e. The second kappa shape index (κ2) is 8.68. The maximum absolute atomic E-state index is 12.9. The molecule has 0 spiro atoms. The van der Waals surface area contributed by atoms with Crippen LogP contribution in [-0.4, -0.2) is 57.4 Å². The van der Waals surface area contributed by atoms with Crippen molar-refractivity contribution in [3.05, 3.63) is 71.2 Å². The van der Waals surface area contributed by atoms with E-state index in [1.165, 1.54) is 11.4 Å². The molecule has 0 atom stereocenters. The summed E-state index contributed by atoms with van der Waals surface area (Å²) < 4.78 is 27.0. The summed E-state index contributed by atoms with van der Waals surface area (Å²) in [4.78, 5) is 21.5. The average molecular weight is 457 g/mol. The highest BCUT2D eigenvalue weighted by Crippen LogP contribution is 2.24. The van der Waals surface area contributed by atoms with Crippen LogP contribution in [0.25, 0.3) is 0 Å². The summed E-state index contributed by atoms with van der Waals surface area (Å²) in [6.45, 7) is 4.66. The summed E-state index contributed by atoms with van der Waals surface area (Å²) in [7, 11) is -2.14. The average Bonchev–Trinajstić information content (AvgIpc) is 3.34. The lowest BCUT2D eigenvalue weighted by atomic mass is 10.1. The molecule has 1 amide bonds. The van der Waals surface area contributed by atoms with Gasteiger partial charge in [0.25, 0.3) is 15.9 Å². The van der Waals surface area contributed by atoms with Crippen LogP contribution >= 0.6 is 11.3 Å². The maximum atomic E-state index is 12.9. The molecule has 162 valence electrons. The van der Waals surface area contributed by atoms with Gasteiger partial charge in [0.1, 0.15) is 0 Å². The van der Waals surface area contributed by atoms with Gasteiger partial charge in [-0.3, -0.25) is 9.10 Å². The number of carbonyl (C=O) groups is 1. The molecular formula is C22H24N4O3S2. The van der Waals surface area contributed by atoms with E-state index < -0.39 is 10.0 Å². The second-order valence-electron chi connectivity index (χ2n) is 7.43. The Morgan fingerprint density at radius 2 is 1.65 bits per heavy atom. The highest BCUT2D eigenvalue weighted by Gasteiger charge is 2.24. The van der Waals surface area contributed by atoms with Crippen molar-refractivity contribution >= 4 is 38.1 Å². The number of rotatable bonds is 5. The Morgan fingerprint density at radius 3 is 2.23 bits per heavy atom. The van der Waals surface area contributed by atoms with Gasteiger partial charge in [0.2, 0.25) is 0 Å². The number of piperazine rings is 1. The number of amides is 1. The molecule has 0 bridgehead atoms. The van der Waals surface area contributed by atoms with Gasteiger partial charge in [-0.05, 0) is 43.3 Å². The molecular weight excluding hydrogens is 432 g/mol. The van der Waals surface area contributed by atoms with E-state index in [-0.39, 0.29) is 10.8 Å². The topological polar surface area (TPSA) is 73.8 Å². The molecule has 1 aliphatic heterocycles. The fourth-order valence-electron chi connectivity index (χ4n) is 3.48. The van der Waals surface area contributed by atoms with Crippen LogP contribution in [0.5, 0.6) is 0 Å². The number of aromatic nitrogens is 1. The Bertz CT molecular complexity index is 1140. The normalized spacial score (nSPS) is 14.5. The number of carbonyl (C=O) groups excluding carboxylic acids is 1. The molecule has 9 heteroatoms. The zero-order chi connectivity index (χ0) is 22.0. The number of thiazole rings is 1. The lowest BCUT2D eigenvalue weighted by molar-refractivity contribution is 0.0747. The molecule has 2 heterocycles. The van der Waals surface area contributed by atoms with Crippen molar-refractivity contribution in [3.8, 4) is 0 Å². The molecule has 1 fully saturated rings. The minimum Gasteiger partial charge on any atom is -0.345 e. The van der Waals surface area contributed by atoms with Crippen LogP contribution < -0.4 is 9.21 Å². The van der Waals surface area contributed by atoms with Crippen molar-refractivity contribution in [1.82, 2.24) is 9.88 Å². The van der Waals surface area contributed by atoms with Crippen molar-refractivity contribution in [3.63, 3.8) is 0 Å². The van der Waals surface area contributed by atoms with E-state index in [1.54, 1.807) is 66.1 Å². The first-order chi connectivity index (χ1) is 14.9. The minimum absolute atomic E-state index is 0.0469. The highest BCUT2D eigenvalue weighted by molar-refractivity contribution is 7.92. The lowest BCUT2D eigenvalue weighted by Crippen LogP contribution is -2.48. The molecule has 7 nitrogen and oxygen atoms in total. The first-order valence-electron chi connectivity index (χ1n) is 9.95. The molecule has 2 aromatic carbocycles. The highest BCUT2D eigenvalue weighted by atomic mass is 32.2. The number of anilines is 2. The zero-order valence-electron chi connectivity index (χ0n) is 17.4. The Morgan fingerprint density at radius 1 is 1.00 bits per heavy atom. The molecule has 31 heavy (non-hydrogen) atoms. The van der Waals surface area contributed by atoms with Crippen molar-refractivity contribution in [2.75, 3.05) is 42.4 Å². The van der Waals surface area contributed by atoms with E-state index in [1.807, 2.05) is 17.2 Å². The van der Waals surface area contributed by atoms with E-state index in [0.717, 1.165) is 23.8 Å². The quantitative estimate of drug-likeness (QED) is 0.589. The first-order valence-corrected chi connectivity index (χ1v) is 12.3. The van der Waals surface area contributed by atoms with Crippen molar-refractivity contribution < 1.29 is 13.2 Å². The number of hydrogen-bond acceptors (Lipinski definition) is 6. The molecule has 0 N–H and O–H groups in total. The van der Waals surface area contributed by atoms with Gasteiger partial charge >= 0.3 is 0 Å². The first kappa shape index (κ1) is 21.3. The van der Waals surface area contributed by atoms with Gasteiger partial charge in [-0.1, -0.05) is 17.7 Å². The zero-order valence-corrected chi connectivity index (χ0v) is 19.1. The Balaban J connectivity index is 1.43. The fraction of sp³-hybridized carbons (Fsp3) is 0.273. The van der Waals surface area contributed by atoms with E-state index >= 15 is 0 Å². The fourth-order valence-corrected chi connectivity index (χ4v) is 5.37. The summed E-state index contributed by atoms with van der Waals surface area (Å²) in [5.74, 6) is -0.0469. The van der Waals surface area contributed by atoms with Gasteiger partial charge in [-0.25, -0.2) is 13.4 Å². The van der Waals surface area contributed by atoms with Gasteiger partial charge in [-0.2, -0.15) is 0 Å². The Labute approximate surface area is 186 Å². The minimum atomic E-state index is -3.66. The van der Waals surface area contributed by atoms with Crippen molar-refractivity contribution in [2.24, 2.45) is 0 Å². The van der Waals surface area contributed by atoms with Crippen LogP contribution in [-0.2, 0) is 10.0 Å². The van der Waals surface area contributed by atoms with E-state index in [2.05, 4.69) is 9.88 Å². The van der Waals surface area contributed by atoms with Gasteiger partial charge in [0.15, 0.2) is 5.13 Å². The molecule has 1 saturated heterocycles. The second-order valence-corrected chi connectivity index (χ2v) is 10.3. The van der Waals surface area contributed by atoms with Crippen LogP contribution in [0.3, 0.4) is 0 Å². The van der Waals surface area contributed by atoms with Crippen molar-refractivity contribution in [2.45, 2.75) is 11.8 Å². The molecule has 1 aromatic heterocycles. The summed E-state index contributed by atoms with van der Waals surface area (Å²) in [6, 6.07) is 13.5. The van der Waals surface area contributed by atoms with Crippen LogP contribution in [0.2, 0.25) is 0 Å². The number of sulfonamides is 1. The van der Waals surface area contributed by atoms with Crippen LogP contribution in [0.4, 0.5) is 10.8 Å². The van der Waals surface area contributed by atoms with E-state index in [9.17, 15) is 13.2 Å². The van der Waals surface area contributed by atoms with Crippen molar-refractivity contribution in [1.29, 1.82) is 0 Å². The van der Waals surface area contributed by atoms with Gasteiger partial charge < -0.3 is 9.80 Å². The molecule has 0 unspecified atom stereocenters. The molecule has 0 radical (unpaired) electrons. The Kier molecular flexibility index (Phi) is 5.97. The molecule has 4 rings (SSSR count). The number of aryl methyl sites for hydroxylation is 1. The monoisotopic (exact) mass is 456 g/mol. The Hall–Kier alpha value is -2.91. The third-order valence-corrected chi connectivity index (χ3v) is 8.05. The number of hydrogen-bond donors (Lipinski definition) is 0. The summed E-state index contributed by atoms with van der Waals surface area (Å²) >= 11 is 1.60. The predicted molar refractivity (Wildman–Crippen MR) is 123 cm³/mol. The van der Waals surface area contributed by atoms with Gasteiger partial charge in [0, 0.05) is 50.4 Å². The maximum Gasteiger partial charge on any atom is 0.264 e. The van der Waals surface area contributed by atoms with Crippen LogP contribution in [0.15, 0.2) is 65.0 Å². The van der Waals surface area contributed by atoms with Crippen LogP contribution in [0.1, 0.15) is 15.9 Å². The number of benzene rings is 2. The standard InChI is InChI=1S/C22H24N4O3S2/c1-17-3-9-20(10-4-17)31(28,29)24(2)19-7-5-18(6-8-19)21(27)25-12-14-26(15-13-25)22-23-11-16-30-22/h3-11,16H,12-15H2,1-2H3. The van der Waals surface area contributed by atoms with Gasteiger partial charge in [-0.15, -0.1) is 11.3 Å². The number of nitrogens with zero attached hydrogens (tertiary/aromatic N) is 4. The van der Waals surface area contributed by atoms with Crippen LogP contribution in [0, 0.1) is 6.92 Å².